The number of rotatable bonds is 2. The van der Waals surface area contributed by atoms with E-state index >= 15 is 0 Å². The van der Waals surface area contributed by atoms with Crippen LogP contribution < -0.4 is 0 Å². The summed E-state index contributed by atoms with van der Waals surface area (Å²) in [4.78, 5) is 0. The highest BCUT2D eigenvalue weighted by atomic mass is 16.3. The van der Waals surface area contributed by atoms with Crippen LogP contribution in [0, 0.1) is 0 Å². The summed E-state index contributed by atoms with van der Waals surface area (Å²) in [6, 6.07) is 23.7. The Morgan fingerprint density at radius 1 is 0.667 bits per heavy atom. The normalized spacial score (nSPS) is 15.7. The second-order valence-electron chi connectivity index (χ2n) is 6.51. The third kappa shape index (κ3) is 2.26. The minimum atomic E-state index is -0.240. The van der Waals surface area contributed by atoms with Gasteiger partial charge in [0, 0.05) is 5.41 Å². The van der Waals surface area contributed by atoms with Crippen molar-refractivity contribution >= 4 is 0 Å². The number of benzene rings is 3. The van der Waals surface area contributed by atoms with Crippen LogP contribution >= 0.6 is 0 Å². The van der Waals surface area contributed by atoms with Gasteiger partial charge in [-0.25, -0.2) is 0 Å². The van der Waals surface area contributed by atoms with E-state index in [4.69, 9.17) is 0 Å². The summed E-state index contributed by atoms with van der Waals surface area (Å²) in [5, 5.41) is 19.4. The van der Waals surface area contributed by atoms with E-state index in [1.807, 2.05) is 24.3 Å². The van der Waals surface area contributed by atoms with Crippen molar-refractivity contribution in [2.45, 2.75) is 24.7 Å². The van der Waals surface area contributed by atoms with Gasteiger partial charge in [-0.2, -0.15) is 0 Å². The highest BCUT2D eigenvalue weighted by Gasteiger charge is 2.39. The van der Waals surface area contributed by atoms with Gasteiger partial charge >= 0.3 is 0 Å². The van der Waals surface area contributed by atoms with Crippen LogP contribution in [0.5, 0.6) is 11.5 Å². The average molecular weight is 316 g/mol. The molecule has 0 amide bonds. The quantitative estimate of drug-likeness (QED) is 0.715. The third-order valence-electron chi connectivity index (χ3n) is 5.20. The molecule has 0 atom stereocenters. The highest BCUT2D eigenvalue weighted by Crippen LogP contribution is 2.48. The van der Waals surface area contributed by atoms with Crippen molar-refractivity contribution in [2.75, 3.05) is 0 Å². The van der Waals surface area contributed by atoms with Crippen molar-refractivity contribution < 1.29 is 10.2 Å². The summed E-state index contributed by atoms with van der Waals surface area (Å²) >= 11 is 0. The molecule has 0 radical (unpaired) electrons. The molecular formula is C22H20O2. The zero-order chi connectivity index (χ0) is 16.6. The maximum atomic E-state index is 9.71. The van der Waals surface area contributed by atoms with Crippen LogP contribution in [-0.4, -0.2) is 10.2 Å². The van der Waals surface area contributed by atoms with Gasteiger partial charge in [-0.05, 0) is 65.8 Å². The lowest BCUT2D eigenvalue weighted by atomic mass is 9.62. The Labute approximate surface area is 142 Å². The summed E-state index contributed by atoms with van der Waals surface area (Å²) in [5.41, 5.74) is 4.82. The molecule has 2 N–H and O–H groups in total. The molecule has 1 aliphatic carbocycles. The predicted octanol–water partition coefficient (Wildman–Crippen LogP) is 4.77. The van der Waals surface area contributed by atoms with Crippen molar-refractivity contribution in [3.8, 4) is 11.5 Å². The Bertz CT molecular complexity index is 802. The monoisotopic (exact) mass is 316 g/mol. The molecule has 0 spiro atoms. The lowest BCUT2D eigenvalue weighted by Gasteiger charge is -2.40. The molecule has 0 aliphatic heterocycles. The molecule has 1 aliphatic rings. The van der Waals surface area contributed by atoms with E-state index in [2.05, 4.69) is 24.3 Å². The topological polar surface area (TPSA) is 40.5 Å². The number of phenols is 2. The van der Waals surface area contributed by atoms with E-state index in [-0.39, 0.29) is 16.9 Å². The molecule has 0 heterocycles. The van der Waals surface area contributed by atoms with Crippen LogP contribution in [0.4, 0.5) is 0 Å². The number of aryl methyl sites for hydroxylation is 1. The summed E-state index contributed by atoms with van der Waals surface area (Å²) in [6.07, 6.45) is 3.21. The Hall–Kier alpha value is -2.74. The van der Waals surface area contributed by atoms with Gasteiger partial charge in [0.15, 0.2) is 0 Å². The summed E-state index contributed by atoms with van der Waals surface area (Å²) in [7, 11) is 0. The fourth-order valence-electron chi connectivity index (χ4n) is 4.09. The zero-order valence-electron chi connectivity index (χ0n) is 13.4. The molecule has 3 aromatic carbocycles. The maximum absolute atomic E-state index is 9.71. The standard InChI is InChI=1S/C22H20O2/c23-19-11-7-17(8-12-19)22(18-9-13-20(24)14-10-18)15-3-5-16-4-1-2-6-21(16)22/h1-2,4,6-14,23-24H,3,5,15H2. The largest absolute Gasteiger partial charge is 0.508 e. The lowest BCUT2D eigenvalue weighted by Crippen LogP contribution is -2.33. The van der Waals surface area contributed by atoms with Gasteiger partial charge in [-0.3, -0.25) is 0 Å². The number of phenolic OH excluding ortho intramolecular Hbond substituents is 2. The van der Waals surface area contributed by atoms with Crippen molar-refractivity contribution in [3.63, 3.8) is 0 Å². The van der Waals surface area contributed by atoms with Crippen molar-refractivity contribution in [1.29, 1.82) is 0 Å². The third-order valence-corrected chi connectivity index (χ3v) is 5.20. The number of hydrogen-bond donors (Lipinski definition) is 2. The molecule has 120 valence electrons. The molecule has 0 aromatic heterocycles. The lowest BCUT2D eigenvalue weighted by molar-refractivity contribution is 0.468. The molecule has 4 rings (SSSR count). The molecule has 0 saturated heterocycles. The van der Waals surface area contributed by atoms with Crippen molar-refractivity contribution in [2.24, 2.45) is 0 Å². The second-order valence-corrected chi connectivity index (χ2v) is 6.51. The van der Waals surface area contributed by atoms with Crippen LogP contribution in [0.15, 0.2) is 72.8 Å². The average Bonchev–Trinajstić information content (AvgIpc) is 2.62. The summed E-state index contributed by atoms with van der Waals surface area (Å²) in [6.45, 7) is 0. The summed E-state index contributed by atoms with van der Waals surface area (Å²) in [5.74, 6) is 0.562. The molecule has 0 saturated carbocycles. The minimum absolute atomic E-state index is 0.240. The molecule has 0 unspecified atom stereocenters. The van der Waals surface area contributed by atoms with Gasteiger partial charge in [0.05, 0.1) is 0 Å². The fraction of sp³-hybridized carbons (Fsp3) is 0.182. The van der Waals surface area contributed by atoms with Gasteiger partial charge in [-0.15, -0.1) is 0 Å². The first-order chi connectivity index (χ1) is 11.7. The Morgan fingerprint density at radius 3 is 1.79 bits per heavy atom. The first kappa shape index (κ1) is 14.8. The van der Waals surface area contributed by atoms with Crippen LogP contribution in [0.25, 0.3) is 0 Å². The Morgan fingerprint density at radius 2 is 1.21 bits per heavy atom. The zero-order valence-corrected chi connectivity index (χ0v) is 13.4. The number of hydrogen-bond acceptors (Lipinski definition) is 2. The number of fused-ring (bicyclic) bond motifs is 1. The SMILES string of the molecule is Oc1ccc(C2(c3ccc(O)cc3)CCCc3ccccc32)cc1. The Balaban J connectivity index is 2.01. The Kier molecular flexibility index (Phi) is 3.53. The molecule has 0 fully saturated rings. The van der Waals surface area contributed by atoms with E-state index in [0.717, 1.165) is 19.3 Å². The van der Waals surface area contributed by atoms with Crippen molar-refractivity contribution in [1.82, 2.24) is 0 Å². The van der Waals surface area contributed by atoms with Gasteiger partial charge in [0.2, 0.25) is 0 Å². The van der Waals surface area contributed by atoms with Crippen LogP contribution in [0.3, 0.4) is 0 Å². The van der Waals surface area contributed by atoms with Gasteiger partial charge in [0.25, 0.3) is 0 Å². The predicted molar refractivity (Wildman–Crippen MR) is 95.5 cm³/mol. The van der Waals surface area contributed by atoms with Gasteiger partial charge in [-0.1, -0.05) is 48.5 Å². The van der Waals surface area contributed by atoms with Crippen LogP contribution in [0.2, 0.25) is 0 Å². The molecule has 2 nitrogen and oxygen atoms in total. The number of aromatic hydroxyl groups is 2. The van der Waals surface area contributed by atoms with Gasteiger partial charge in [0.1, 0.15) is 11.5 Å². The maximum Gasteiger partial charge on any atom is 0.115 e. The fourth-order valence-corrected chi connectivity index (χ4v) is 4.09. The van der Waals surface area contributed by atoms with Crippen LogP contribution in [0.1, 0.15) is 35.1 Å². The van der Waals surface area contributed by atoms with E-state index in [1.54, 1.807) is 24.3 Å². The minimum Gasteiger partial charge on any atom is -0.508 e. The van der Waals surface area contributed by atoms with E-state index < -0.39 is 0 Å². The van der Waals surface area contributed by atoms with Crippen molar-refractivity contribution in [3.05, 3.63) is 95.1 Å². The van der Waals surface area contributed by atoms with E-state index in [9.17, 15) is 10.2 Å². The molecule has 0 bridgehead atoms. The first-order valence-corrected chi connectivity index (χ1v) is 8.37. The smallest absolute Gasteiger partial charge is 0.115 e. The highest BCUT2D eigenvalue weighted by molar-refractivity contribution is 5.55. The van der Waals surface area contributed by atoms with E-state index in [0.29, 0.717) is 0 Å². The first-order valence-electron chi connectivity index (χ1n) is 8.37. The van der Waals surface area contributed by atoms with E-state index in [1.165, 1.54) is 22.3 Å². The molecule has 3 aromatic rings. The van der Waals surface area contributed by atoms with Gasteiger partial charge < -0.3 is 10.2 Å². The summed E-state index contributed by atoms with van der Waals surface area (Å²) < 4.78 is 0. The molecule has 2 heteroatoms. The second kappa shape index (κ2) is 5.72. The molecular weight excluding hydrogens is 296 g/mol. The van der Waals surface area contributed by atoms with Crippen LogP contribution in [-0.2, 0) is 11.8 Å². The molecule has 24 heavy (non-hydrogen) atoms.